The van der Waals surface area contributed by atoms with Crippen LogP contribution in [0.3, 0.4) is 0 Å². The number of rotatable bonds is 3. The van der Waals surface area contributed by atoms with E-state index in [-0.39, 0.29) is 0 Å². The van der Waals surface area contributed by atoms with Crippen molar-refractivity contribution >= 4 is 0 Å². The molecular weight excluding hydrogens is 200 g/mol. The van der Waals surface area contributed by atoms with Crippen molar-refractivity contribution in [2.24, 2.45) is 7.05 Å². The van der Waals surface area contributed by atoms with Gasteiger partial charge in [-0.3, -0.25) is 4.68 Å². The Bertz CT molecular complexity index is 488. The quantitative estimate of drug-likeness (QED) is 0.788. The minimum absolute atomic E-state index is 0.593. The van der Waals surface area contributed by atoms with Gasteiger partial charge in [-0.2, -0.15) is 5.10 Å². The molecule has 0 radical (unpaired) electrons. The summed E-state index contributed by atoms with van der Waals surface area (Å²) in [5.74, 6) is 0. The second-order valence-electron chi connectivity index (χ2n) is 3.95. The average Bonchev–Trinajstić information content (AvgIpc) is 2.61. The number of nitrogens with zero attached hydrogens (tertiary/aromatic N) is 2. The molecule has 0 fully saturated rings. The van der Waals surface area contributed by atoms with Gasteiger partial charge in [0.05, 0.1) is 18.0 Å². The number of hydrogen-bond acceptors (Lipinski definition) is 2. The van der Waals surface area contributed by atoms with Gasteiger partial charge < -0.3 is 4.74 Å². The lowest BCUT2D eigenvalue weighted by molar-refractivity contribution is 0.178. The standard InChI is InChI=1S/C13H16N2O/c1-10-5-4-6-11(7-10)13-8-12(9-16-3)15(2)14-13/h4-8H,9H2,1-3H3. The van der Waals surface area contributed by atoms with Crippen molar-refractivity contribution in [3.63, 3.8) is 0 Å². The summed E-state index contributed by atoms with van der Waals surface area (Å²) in [4.78, 5) is 0. The molecular formula is C13H16N2O. The zero-order valence-corrected chi connectivity index (χ0v) is 9.90. The molecule has 0 atom stereocenters. The molecule has 0 spiro atoms. The first-order valence-electron chi connectivity index (χ1n) is 5.29. The molecule has 0 aliphatic heterocycles. The van der Waals surface area contributed by atoms with E-state index in [1.807, 2.05) is 11.7 Å². The van der Waals surface area contributed by atoms with E-state index in [9.17, 15) is 0 Å². The highest BCUT2D eigenvalue weighted by Gasteiger charge is 2.06. The predicted molar refractivity (Wildman–Crippen MR) is 64.1 cm³/mol. The van der Waals surface area contributed by atoms with Gasteiger partial charge in [-0.25, -0.2) is 0 Å². The van der Waals surface area contributed by atoms with Crippen LogP contribution in [0.25, 0.3) is 11.3 Å². The van der Waals surface area contributed by atoms with Gasteiger partial charge in [0.15, 0.2) is 0 Å². The molecule has 0 saturated heterocycles. The average molecular weight is 216 g/mol. The number of aryl methyl sites for hydroxylation is 2. The monoisotopic (exact) mass is 216 g/mol. The summed E-state index contributed by atoms with van der Waals surface area (Å²) in [5.41, 5.74) is 4.48. The van der Waals surface area contributed by atoms with Gasteiger partial charge >= 0.3 is 0 Å². The minimum atomic E-state index is 0.593. The first kappa shape index (κ1) is 10.9. The second kappa shape index (κ2) is 4.49. The zero-order valence-electron chi connectivity index (χ0n) is 9.90. The second-order valence-corrected chi connectivity index (χ2v) is 3.95. The number of aromatic nitrogens is 2. The van der Waals surface area contributed by atoms with Gasteiger partial charge in [0.2, 0.25) is 0 Å². The van der Waals surface area contributed by atoms with Gasteiger partial charge in [0.25, 0.3) is 0 Å². The lowest BCUT2D eigenvalue weighted by Gasteiger charge is -1.97. The van der Waals surface area contributed by atoms with Crippen molar-refractivity contribution in [2.75, 3.05) is 7.11 Å². The topological polar surface area (TPSA) is 27.1 Å². The highest BCUT2D eigenvalue weighted by molar-refractivity contribution is 5.60. The number of hydrogen-bond donors (Lipinski definition) is 0. The van der Waals surface area contributed by atoms with Crippen LogP contribution < -0.4 is 0 Å². The molecule has 0 amide bonds. The maximum absolute atomic E-state index is 5.12. The Morgan fingerprint density at radius 3 is 2.81 bits per heavy atom. The van der Waals surface area contributed by atoms with Crippen LogP contribution >= 0.6 is 0 Å². The molecule has 3 heteroatoms. The Hall–Kier alpha value is -1.61. The van der Waals surface area contributed by atoms with Crippen LogP contribution in [0.2, 0.25) is 0 Å². The van der Waals surface area contributed by atoms with Crippen molar-refractivity contribution in [1.82, 2.24) is 9.78 Å². The predicted octanol–water partition coefficient (Wildman–Crippen LogP) is 2.54. The number of methoxy groups -OCH3 is 1. The van der Waals surface area contributed by atoms with E-state index in [1.54, 1.807) is 7.11 Å². The molecule has 0 unspecified atom stereocenters. The Morgan fingerprint density at radius 2 is 2.12 bits per heavy atom. The molecule has 84 valence electrons. The van der Waals surface area contributed by atoms with Crippen LogP contribution in [0.15, 0.2) is 30.3 Å². The van der Waals surface area contributed by atoms with E-state index >= 15 is 0 Å². The fraction of sp³-hybridized carbons (Fsp3) is 0.308. The maximum atomic E-state index is 5.12. The lowest BCUT2D eigenvalue weighted by Crippen LogP contribution is -1.98. The highest BCUT2D eigenvalue weighted by Crippen LogP contribution is 2.20. The fourth-order valence-corrected chi connectivity index (χ4v) is 1.73. The van der Waals surface area contributed by atoms with Crippen LogP contribution in [0, 0.1) is 6.92 Å². The zero-order chi connectivity index (χ0) is 11.5. The summed E-state index contributed by atoms with van der Waals surface area (Å²) in [7, 11) is 3.63. The highest BCUT2D eigenvalue weighted by atomic mass is 16.5. The van der Waals surface area contributed by atoms with Crippen LogP contribution in [-0.2, 0) is 18.4 Å². The molecule has 16 heavy (non-hydrogen) atoms. The largest absolute Gasteiger partial charge is 0.378 e. The van der Waals surface area contributed by atoms with Crippen molar-refractivity contribution in [1.29, 1.82) is 0 Å². The van der Waals surface area contributed by atoms with Gasteiger partial charge in [-0.05, 0) is 19.1 Å². The molecule has 3 nitrogen and oxygen atoms in total. The van der Waals surface area contributed by atoms with Crippen molar-refractivity contribution < 1.29 is 4.74 Å². The first-order chi connectivity index (χ1) is 7.70. The van der Waals surface area contributed by atoms with Crippen LogP contribution in [0.1, 0.15) is 11.3 Å². The van der Waals surface area contributed by atoms with Crippen molar-refractivity contribution in [3.05, 3.63) is 41.6 Å². The molecule has 1 heterocycles. The molecule has 0 N–H and O–H groups in total. The Balaban J connectivity index is 2.37. The third-order valence-corrected chi connectivity index (χ3v) is 2.58. The van der Waals surface area contributed by atoms with Crippen molar-refractivity contribution in [3.8, 4) is 11.3 Å². The summed E-state index contributed by atoms with van der Waals surface area (Å²) in [5, 5.41) is 4.48. The molecule has 2 aromatic rings. The third kappa shape index (κ3) is 2.14. The molecule has 1 aromatic heterocycles. The van der Waals surface area contributed by atoms with Crippen LogP contribution in [-0.4, -0.2) is 16.9 Å². The lowest BCUT2D eigenvalue weighted by atomic mass is 10.1. The Labute approximate surface area is 95.7 Å². The van der Waals surface area contributed by atoms with Crippen LogP contribution in [0.5, 0.6) is 0 Å². The van der Waals surface area contributed by atoms with Crippen molar-refractivity contribution in [2.45, 2.75) is 13.5 Å². The summed E-state index contributed by atoms with van der Waals surface area (Å²) in [6.07, 6.45) is 0. The van der Waals surface area contributed by atoms with Crippen LogP contribution in [0.4, 0.5) is 0 Å². The first-order valence-corrected chi connectivity index (χ1v) is 5.29. The summed E-state index contributed by atoms with van der Waals surface area (Å²) < 4.78 is 6.98. The molecule has 0 aliphatic carbocycles. The van der Waals surface area contributed by atoms with Gasteiger partial charge in [0.1, 0.15) is 0 Å². The fourth-order valence-electron chi connectivity index (χ4n) is 1.73. The third-order valence-electron chi connectivity index (χ3n) is 2.58. The van der Waals surface area contributed by atoms with Gasteiger partial charge in [0, 0.05) is 19.7 Å². The molecule has 1 aromatic carbocycles. The molecule has 0 saturated carbocycles. The van der Waals surface area contributed by atoms with E-state index < -0.39 is 0 Å². The molecule has 2 rings (SSSR count). The van der Waals surface area contributed by atoms with E-state index in [1.165, 1.54) is 5.56 Å². The van der Waals surface area contributed by atoms with E-state index in [4.69, 9.17) is 4.74 Å². The summed E-state index contributed by atoms with van der Waals surface area (Å²) >= 11 is 0. The summed E-state index contributed by atoms with van der Waals surface area (Å²) in [6, 6.07) is 10.4. The molecule has 0 bridgehead atoms. The molecule has 0 aliphatic rings. The van der Waals surface area contributed by atoms with Gasteiger partial charge in [-0.1, -0.05) is 23.8 Å². The minimum Gasteiger partial charge on any atom is -0.378 e. The van der Waals surface area contributed by atoms with Gasteiger partial charge in [-0.15, -0.1) is 0 Å². The number of benzene rings is 1. The SMILES string of the molecule is COCc1cc(-c2cccc(C)c2)nn1C. The maximum Gasteiger partial charge on any atom is 0.0926 e. The van der Waals surface area contributed by atoms with E-state index in [0.717, 1.165) is 17.0 Å². The number of ether oxygens (including phenoxy) is 1. The van der Waals surface area contributed by atoms with E-state index in [2.05, 4.69) is 42.4 Å². The summed E-state index contributed by atoms with van der Waals surface area (Å²) in [6.45, 7) is 2.68. The normalized spacial score (nSPS) is 10.7. The smallest absolute Gasteiger partial charge is 0.0926 e. The Morgan fingerprint density at radius 1 is 1.31 bits per heavy atom. The van der Waals surface area contributed by atoms with E-state index in [0.29, 0.717) is 6.61 Å². The Kier molecular flexibility index (Phi) is 3.06.